The molecule has 0 saturated carbocycles. The molecule has 0 fully saturated rings. The molecule has 3 heteroatoms. The van der Waals surface area contributed by atoms with Crippen LogP contribution in [0.3, 0.4) is 0 Å². The summed E-state index contributed by atoms with van der Waals surface area (Å²) >= 11 is 0. The molecule has 1 aromatic carbocycles. The second-order valence-electron chi connectivity index (χ2n) is 5.04. The third-order valence-corrected chi connectivity index (χ3v) is 3.59. The first kappa shape index (κ1) is 13.8. The molecule has 1 aliphatic rings. The van der Waals surface area contributed by atoms with Crippen molar-refractivity contribution >= 4 is 5.91 Å². The highest BCUT2D eigenvalue weighted by Crippen LogP contribution is 2.27. The van der Waals surface area contributed by atoms with E-state index in [1.165, 1.54) is 11.6 Å². The van der Waals surface area contributed by atoms with Crippen molar-refractivity contribution in [3.05, 3.63) is 48.0 Å². The summed E-state index contributed by atoms with van der Waals surface area (Å²) in [5.74, 6) is -0.0884. The van der Waals surface area contributed by atoms with Crippen molar-refractivity contribution in [2.24, 2.45) is 0 Å². The molecule has 19 heavy (non-hydrogen) atoms. The topological polar surface area (TPSA) is 40.5 Å². The third-order valence-electron chi connectivity index (χ3n) is 3.59. The molecule has 0 radical (unpaired) electrons. The number of nitrogens with zero attached hydrogens (tertiary/aromatic N) is 1. The first-order valence-electron chi connectivity index (χ1n) is 6.93. The maximum atomic E-state index is 11.9. The van der Waals surface area contributed by atoms with E-state index in [4.69, 9.17) is 0 Å². The highest BCUT2D eigenvalue weighted by atomic mass is 16.3. The Balaban J connectivity index is 1.99. The molecule has 0 saturated heterocycles. The number of rotatable bonds is 6. The number of benzene rings is 1. The zero-order chi connectivity index (χ0) is 13.7. The van der Waals surface area contributed by atoms with Gasteiger partial charge in [-0.2, -0.15) is 0 Å². The molecule has 1 amide bonds. The first-order valence-corrected chi connectivity index (χ1v) is 6.93. The lowest BCUT2D eigenvalue weighted by molar-refractivity contribution is -0.142. The molecular weight excluding hydrogens is 238 g/mol. The lowest BCUT2D eigenvalue weighted by Crippen LogP contribution is -2.47. The summed E-state index contributed by atoms with van der Waals surface area (Å²) in [5, 5.41) is 10.5. The molecule has 0 unspecified atom stereocenters. The van der Waals surface area contributed by atoms with Gasteiger partial charge in [-0.25, -0.2) is 0 Å². The van der Waals surface area contributed by atoms with Crippen LogP contribution in [0.25, 0.3) is 0 Å². The van der Waals surface area contributed by atoms with Crippen LogP contribution in [-0.2, 0) is 11.2 Å². The van der Waals surface area contributed by atoms with Gasteiger partial charge in [-0.1, -0.05) is 43.7 Å². The predicted molar refractivity (Wildman–Crippen MR) is 75.5 cm³/mol. The van der Waals surface area contributed by atoms with Gasteiger partial charge in [0.05, 0.1) is 0 Å². The summed E-state index contributed by atoms with van der Waals surface area (Å²) in [4.78, 5) is 13.4. The van der Waals surface area contributed by atoms with Crippen molar-refractivity contribution in [1.29, 1.82) is 0 Å². The van der Waals surface area contributed by atoms with Crippen molar-refractivity contribution in [3.8, 4) is 0 Å². The van der Waals surface area contributed by atoms with E-state index in [1.807, 2.05) is 30.3 Å². The summed E-state index contributed by atoms with van der Waals surface area (Å²) in [6.45, 7) is 2.63. The van der Waals surface area contributed by atoms with Gasteiger partial charge >= 0.3 is 0 Å². The Kier molecular flexibility index (Phi) is 4.38. The van der Waals surface area contributed by atoms with Gasteiger partial charge in [0, 0.05) is 12.6 Å². The Bertz CT molecular complexity index is 455. The van der Waals surface area contributed by atoms with Gasteiger partial charge in [0.15, 0.2) is 5.72 Å². The predicted octanol–water partition coefficient (Wildman–Crippen LogP) is 2.51. The highest BCUT2D eigenvalue weighted by Gasteiger charge is 2.38. The average molecular weight is 259 g/mol. The van der Waals surface area contributed by atoms with Crippen LogP contribution in [0.2, 0.25) is 0 Å². The van der Waals surface area contributed by atoms with E-state index >= 15 is 0 Å². The number of amides is 1. The molecule has 1 heterocycles. The minimum Gasteiger partial charge on any atom is -0.367 e. The number of hydrogen-bond acceptors (Lipinski definition) is 2. The van der Waals surface area contributed by atoms with Crippen LogP contribution >= 0.6 is 0 Å². The SMILES string of the molecule is CCCC[C@@]1(O)C=CC(=O)N1CCc1ccccc1. The number of unbranched alkanes of at least 4 members (excludes halogenated alkanes) is 1. The number of carbonyl (C=O) groups is 1. The fraction of sp³-hybridized carbons (Fsp3) is 0.438. The summed E-state index contributed by atoms with van der Waals surface area (Å²) in [5.41, 5.74) is 0.0991. The molecule has 102 valence electrons. The molecule has 1 atom stereocenters. The molecular formula is C16H21NO2. The number of hydrogen-bond donors (Lipinski definition) is 1. The minimum absolute atomic E-state index is 0.0884. The van der Waals surface area contributed by atoms with Crippen LogP contribution in [-0.4, -0.2) is 28.2 Å². The number of aliphatic hydroxyl groups is 1. The van der Waals surface area contributed by atoms with Gasteiger partial charge in [-0.15, -0.1) is 0 Å². The van der Waals surface area contributed by atoms with Crippen molar-refractivity contribution in [2.75, 3.05) is 6.54 Å². The Labute approximate surface area is 114 Å². The summed E-state index contributed by atoms with van der Waals surface area (Å²) in [6, 6.07) is 10.0. The van der Waals surface area contributed by atoms with Crippen LogP contribution in [0.4, 0.5) is 0 Å². The maximum absolute atomic E-state index is 11.9. The highest BCUT2D eigenvalue weighted by molar-refractivity contribution is 5.91. The average Bonchev–Trinajstić information content (AvgIpc) is 2.72. The first-order chi connectivity index (χ1) is 9.15. The maximum Gasteiger partial charge on any atom is 0.248 e. The van der Waals surface area contributed by atoms with Crippen molar-refractivity contribution in [2.45, 2.75) is 38.3 Å². The fourth-order valence-corrected chi connectivity index (χ4v) is 2.42. The van der Waals surface area contributed by atoms with Crippen molar-refractivity contribution in [3.63, 3.8) is 0 Å². The fourth-order valence-electron chi connectivity index (χ4n) is 2.42. The smallest absolute Gasteiger partial charge is 0.248 e. The third kappa shape index (κ3) is 3.24. The van der Waals surface area contributed by atoms with E-state index in [2.05, 4.69) is 6.92 Å². The lowest BCUT2D eigenvalue weighted by atomic mass is 10.0. The van der Waals surface area contributed by atoms with E-state index in [9.17, 15) is 9.90 Å². The van der Waals surface area contributed by atoms with Gasteiger partial charge in [0.2, 0.25) is 5.91 Å². The molecule has 1 aliphatic heterocycles. The Morgan fingerprint density at radius 3 is 2.68 bits per heavy atom. The van der Waals surface area contributed by atoms with E-state index in [0.717, 1.165) is 19.3 Å². The van der Waals surface area contributed by atoms with Crippen molar-refractivity contribution in [1.82, 2.24) is 4.90 Å². The largest absolute Gasteiger partial charge is 0.367 e. The second-order valence-corrected chi connectivity index (χ2v) is 5.04. The van der Waals surface area contributed by atoms with Crippen LogP contribution < -0.4 is 0 Å². The molecule has 0 aromatic heterocycles. The van der Waals surface area contributed by atoms with Gasteiger partial charge in [-0.3, -0.25) is 4.79 Å². The van der Waals surface area contributed by atoms with E-state index in [0.29, 0.717) is 13.0 Å². The van der Waals surface area contributed by atoms with Crippen LogP contribution in [0.5, 0.6) is 0 Å². The lowest BCUT2D eigenvalue weighted by Gasteiger charge is -2.33. The molecule has 1 aromatic rings. The molecule has 1 N–H and O–H groups in total. The van der Waals surface area contributed by atoms with Crippen LogP contribution in [0.1, 0.15) is 31.7 Å². The van der Waals surface area contributed by atoms with Gasteiger partial charge < -0.3 is 10.0 Å². The van der Waals surface area contributed by atoms with Crippen LogP contribution in [0.15, 0.2) is 42.5 Å². The summed E-state index contributed by atoms with van der Waals surface area (Å²) < 4.78 is 0. The number of carbonyl (C=O) groups excluding carboxylic acids is 1. The van der Waals surface area contributed by atoms with Crippen LogP contribution in [0, 0.1) is 0 Å². The zero-order valence-corrected chi connectivity index (χ0v) is 11.4. The molecule has 0 aliphatic carbocycles. The van der Waals surface area contributed by atoms with Gasteiger partial charge in [0.1, 0.15) is 0 Å². The molecule has 0 spiro atoms. The summed E-state index contributed by atoms with van der Waals surface area (Å²) in [6.07, 6.45) is 6.42. The van der Waals surface area contributed by atoms with E-state index in [1.54, 1.807) is 11.0 Å². The Hall–Kier alpha value is -1.61. The standard InChI is InChI=1S/C16H21NO2/c1-2-3-11-16(19)12-9-15(18)17(16)13-10-14-7-5-4-6-8-14/h4-9,12,19H,2-3,10-11,13H2,1H3/t16-/m1/s1. The summed E-state index contributed by atoms with van der Waals surface area (Å²) in [7, 11) is 0. The minimum atomic E-state index is -1.08. The van der Waals surface area contributed by atoms with Gasteiger partial charge in [0.25, 0.3) is 0 Å². The quantitative estimate of drug-likeness (QED) is 0.852. The van der Waals surface area contributed by atoms with Crippen molar-refractivity contribution < 1.29 is 9.90 Å². The molecule has 3 nitrogen and oxygen atoms in total. The molecule has 0 bridgehead atoms. The molecule has 2 rings (SSSR count). The Morgan fingerprint density at radius 2 is 2.00 bits per heavy atom. The normalized spacial score (nSPS) is 22.2. The zero-order valence-electron chi connectivity index (χ0n) is 11.4. The van der Waals surface area contributed by atoms with Gasteiger partial charge in [-0.05, 0) is 30.9 Å². The second kappa shape index (κ2) is 6.02. The van der Waals surface area contributed by atoms with E-state index < -0.39 is 5.72 Å². The monoisotopic (exact) mass is 259 g/mol. The van der Waals surface area contributed by atoms with E-state index in [-0.39, 0.29) is 5.91 Å². The Morgan fingerprint density at radius 1 is 1.26 bits per heavy atom.